The number of primary amides is 1. The predicted octanol–water partition coefficient (Wildman–Crippen LogP) is 5.68. The van der Waals surface area contributed by atoms with Gasteiger partial charge in [-0.2, -0.15) is 19.0 Å². The van der Waals surface area contributed by atoms with E-state index in [1.807, 2.05) is 0 Å². The van der Waals surface area contributed by atoms with Crippen molar-refractivity contribution in [1.29, 1.82) is 0 Å². The number of anilines is 1. The fraction of sp³-hybridized carbons (Fsp3) is 0.286. The molecule has 1 fully saturated rings. The van der Waals surface area contributed by atoms with Crippen molar-refractivity contribution in [3.05, 3.63) is 104 Å². The molecule has 3 heterocycles. The number of fused-ring (bicyclic) bond motifs is 5. The summed E-state index contributed by atoms with van der Waals surface area (Å²) in [4.78, 5) is 33.1. The highest BCUT2D eigenvalue weighted by atomic mass is 35.5. The van der Waals surface area contributed by atoms with Crippen LogP contribution in [0.15, 0.2) is 53.3 Å². The summed E-state index contributed by atoms with van der Waals surface area (Å²) in [5, 5.41) is 18.3. The van der Waals surface area contributed by atoms with Crippen LogP contribution in [-0.2, 0) is 34.2 Å². The second-order valence-electron chi connectivity index (χ2n) is 13.8. The molecule has 1 unspecified atom stereocenters. The lowest BCUT2D eigenvalue weighted by atomic mass is 9.89. The standard InChI is InChI=1S/C35H27ClF6N8O5S/c1-48-28-23(6-5-21(36)25(28)32(46-48)47-56(2,54)55)49-33(44-22-11-16(51)3-4-17(22)34(49)53)19(9-13-7-14(37)10-15(38)8-13)27(31(43)52)50-29-24(26(45-50)30(39)40)18-12-20(18)35(29,41)42/h3-8,10-11,18-20,27,30,51H,9,12H2,1-2H3,(H2,43,52)(H,46,47)/t18-,19-,20+,27?/m0/s1. The van der Waals surface area contributed by atoms with Crippen LogP contribution >= 0.6 is 11.6 Å². The van der Waals surface area contributed by atoms with Crippen molar-refractivity contribution in [1.82, 2.24) is 29.1 Å². The number of amides is 1. The summed E-state index contributed by atoms with van der Waals surface area (Å²) in [6.07, 6.45) is -3.29. The Labute approximate surface area is 316 Å². The number of aromatic hydroxyl groups is 1. The number of phenolic OH excluding ortho intramolecular Hbond substituents is 1. The van der Waals surface area contributed by atoms with Crippen molar-refractivity contribution in [2.75, 3.05) is 11.0 Å². The Hall–Kier alpha value is -5.63. The minimum absolute atomic E-state index is 0.00434. The minimum Gasteiger partial charge on any atom is -0.508 e. The molecule has 6 aromatic rings. The summed E-state index contributed by atoms with van der Waals surface area (Å²) in [7, 11) is -2.56. The largest absolute Gasteiger partial charge is 0.508 e. The second kappa shape index (κ2) is 12.7. The number of benzene rings is 3. The molecular weight excluding hydrogens is 794 g/mol. The topological polar surface area (TPSA) is 180 Å². The smallest absolute Gasteiger partial charge is 0.293 e. The summed E-state index contributed by atoms with van der Waals surface area (Å²) in [6, 6.07) is 6.21. The molecule has 0 spiro atoms. The number of alkyl halides is 4. The van der Waals surface area contributed by atoms with Crippen molar-refractivity contribution in [2.24, 2.45) is 18.7 Å². The molecule has 8 rings (SSSR count). The number of aromatic nitrogens is 6. The molecule has 13 nitrogen and oxygen atoms in total. The van der Waals surface area contributed by atoms with Gasteiger partial charge in [0.15, 0.2) is 5.82 Å². The molecule has 3 aromatic heterocycles. The highest BCUT2D eigenvalue weighted by Gasteiger charge is 2.67. The van der Waals surface area contributed by atoms with Gasteiger partial charge in [0, 0.05) is 30.7 Å². The van der Waals surface area contributed by atoms with Gasteiger partial charge in [0.1, 0.15) is 40.6 Å². The normalized spacial score (nSPS) is 18.3. The third-order valence-electron chi connectivity index (χ3n) is 10.1. The average Bonchev–Trinajstić information content (AvgIpc) is 3.61. The van der Waals surface area contributed by atoms with Gasteiger partial charge >= 0.3 is 0 Å². The summed E-state index contributed by atoms with van der Waals surface area (Å²) in [6.45, 7) is 0. The van der Waals surface area contributed by atoms with Crippen LogP contribution in [0, 0.1) is 17.6 Å². The monoisotopic (exact) mass is 820 g/mol. The zero-order valence-electron chi connectivity index (χ0n) is 28.8. The quantitative estimate of drug-likeness (QED) is 0.148. The lowest BCUT2D eigenvalue weighted by Gasteiger charge is -2.30. The molecule has 0 saturated heterocycles. The van der Waals surface area contributed by atoms with Crippen molar-refractivity contribution in [3.63, 3.8) is 0 Å². The van der Waals surface area contributed by atoms with Crippen LogP contribution in [0.25, 0.3) is 27.5 Å². The highest BCUT2D eigenvalue weighted by molar-refractivity contribution is 7.92. The third-order valence-corrected chi connectivity index (χ3v) is 11.0. The summed E-state index contributed by atoms with van der Waals surface area (Å²) < 4.78 is 120. The maximum Gasteiger partial charge on any atom is 0.293 e. The molecule has 292 valence electrons. The Balaban J connectivity index is 1.49. The number of phenols is 1. The molecule has 56 heavy (non-hydrogen) atoms. The van der Waals surface area contributed by atoms with Crippen LogP contribution in [0.5, 0.6) is 5.75 Å². The van der Waals surface area contributed by atoms with Gasteiger partial charge in [0.2, 0.25) is 15.9 Å². The van der Waals surface area contributed by atoms with Gasteiger partial charge in [0.05, 0.1) is 44.7 Å². The maximum atomic E-state index is 16.0. The van der Waals surface area contributed by atoms with Crippen molar-refractivity contribution in [3.8, 4) is 11.4 Å². The Morgan fingerprint density at radius 3 is 2.45 bits per heavy atom. The molecule has 0 radical (unpaired) electrons. The molecule has 2 aliphatic carbocycles. The molecule has 0 aliphatic heterocycles. The van der Waals surface area contributed by atoms with E-state index in [0.29, 0.717) is 10.7 Å². The molecule has 2 aliphatic rings. The van der Waals surface area contributed by atoms with E-state index in [0.717, 1.165) is 29.0 Å². The van der Waals surface area contributed by atoms with E-state index in [9.17, 15) is 40.7 Å². The molecule has 21 heteroatoms. The summed E-state index contributed by atoms with van der Waals surface area (Å²) >= 11 is 6.56. The fourth-order valence-corrected chi connectivity index (χ4v) is 8.63. The number of carbonyl (C=O) groups is 1. The highest BCUT2D eigenvalue weighted by Crippen LogP contribution is 2.68. The lowest BCUT2D eigenvalue weighted by Crippen LogP contribution is -2.39. The van der Waals surface area contributed by atoms with Crippen LogP contribution in [-0.4, -0.2) is 54.8 Å². The first-order chi connectivity index (χ1) is 26.3. The lowest BCUT2D eigenvalue weighted by molar-refractivity contribution is -0.122. The van der Waals surface area contributed by atoms with Gasteiger partial charge in [-0.25, -0.2) is 35.6 Å². The van der Waals surface area contributed by atoms with E-state index in [1.165, 1.54) is 36.0 Å². The van der Waals surface area contributed by atoms with E-state index in [4.69, 9.17) is 17.3 Å². The summed E-state index contributed by atoms with van der Waals surface area (Å²) in [5.41, 5.74) is 2.13. The zero-order valence-corrected chi connectivity index (χ0v) is 30.4. The molecular formula is C35H27ClF6N8O5S. The van der Waals surface area contributed by atoms with Gasteiger partial charge in [-0.15, -0.1) is 0 Å². The average molecular weight is 821 g/mol. The number of hydrogen-bond donors (Lipinski definition) is 3. The number of nitrogens with two attached hydrogens (primary N) is 1. The number of aryl methyl sites for hydroxylation is 1. The molecule has 3 aromatic carbocycles. The van der Waals surface area contributed by atoms with E-state index in [2.05, 4.69) is 19.9 Å². The van der Waals surface area contributed by atoms with Gasteiger partial charge in [-0.3, -0.25) is 23.6 Å². The van der Waals surface area contributed by atoms with E-state index < -0.39 is 98.5 Å². The SMILES string of the molecule is Cn1nc(NS(C)(=O)=O)c2c(Cl)ccc(-n3c([C@@H](Cc4cc(F)cc(F)c4)C(C(N)=O)n4nc(C(F)F)c5c4C(F)(F)[C@@H]4C[C@H]54)nc4cc(O)ccc4c3=O)c21. The van der Waals surface area contributed by atoms with Crippen molar-refractivity contribution >= 4 is 55.2 Å². The van der Waals surface area contributed by atoms with Crippen molar-refractivity contribution < 1.29 is 44.7 Å². The van der Waals surface area contributed by atoms with E-state index in [-0.39, 0.29) is 56.1 Å². The molecule has 1 saturated carbocycles. The summed E-state index contributed by atoms with van der Waals surface area (Å²) in [5.74, 6) is -12.6. The van der Waals surface area contributed by atoms with E-state index in [1.54, 1.807) is 0 Å². The Morgan fingerprint density at radius 1 is 1.11 bits per heavy atom. The number of rotatable bonds is 10. The third kappa shape index (κ3) is 5.92. The fourth-order valence-electron chi connectivity index (χ4n) is 7.89. The number of nitrogens with one attached hydrogen (secondary N) is 1. The zero-order chi connectivity index (χ0) is 40.3. The van der Waals surface area contributed by atoms with Crippen LogP contribution in [0.1, 0.15) is 59.1 Å². The Kier molecular flexibility index (Phi) is 8.46. The van der Waals surface area contributed by atoms with Crippen LogP contribution in [0.2, 0.25) is 5.02 Å². The van der Waals surface area contributed by atoms with Gasteiger partial charge in [-0.1, -0.05) is 11.6 Å². The maximum absolute atomic E-state index is 16.0. The minimum atomic E-state index is -3.95. The van der Waals surface area contributed by atoms with Crippen LogP contribution in [0.3, 0.4) is 0 Å². The number of halogens is 7. The van der Waals surface area contributed by atoms with E-state index >= 15 is 8.78 Å². The number of hydrogen-bond acceptors (Lipinski definition) is 8. The first-order valence-corrected chi connectivity index (χ1v) is 19.0. The first-order valence-electron chi connectivity index (χ1n) is 16.7. The van der Waals surface area contributed by atoms with Crippen LogP contribution < -0.4 is 16.0 Å². The van der Waals surface area contributed by atoms with Gasteiger partial charge in [0.25, 0.3) is 17.9 Å². The Bertz CT molecular complexity index is 2820. The molecule has 1 amide bonds. The molecule has 0 bridgehead atoms. The number of nitrogens with zero attached hydrogens (tertiary/aromatic N) is 6. The van der Waals surface area contributed by atoms with Gasteiger partial charge < -0.3 is 10.8 Å². The number of sulfonamides is 1. The van der Waals surface area contributed by atoms with Crippen LogP contribution in [0.4, 0.5) is 32.2 Å². The molecule has 4 N–H and O–H groups in total. The van der Waals surface area contributed by atoms with Gasteiger partial charge in [-0.05, 0) is 60.7 Å². The molecule has 4 atom stereocenters. The predicted molar refractivity (Wildman–Crippen MR) is 190 cm³/mol. The first kappa shape index (κ1) is 37.3. The Morgan fingerprint density at radius 2 is 1.80 bits per heavy atom. The number of carbonyl (C=O) groups excluding carboxylic acids is 1. The second-order valence-corrected chi connectivity index (χ2v) is 16.0. The van der Waals surface area contributed by atoms with Crippen molar-refractivity contribution in [2.45, 2.75) is 43.1 Å².